The quantitative estimate of drug-likeness (QED) is 0.777. The fourth-order valence-corrected chi connectivity index (χ4v) is 1.90. The van der Waals surface area contributed by atoms with Crippen LogP contribution in [-0.4, -0.2) is 21.9 Å². The summed E-state index contributed by atoms with van der Waals surface area (Å²) in [4.78, 5) is 22.6. The van der Waals surface area contributed by atoms with Crippen molar-refractivity contribution in [3.05, 3.63) is 35.5 Å². The lowest BCUT2D eigenvalue weighted by molar-refractivity contribution is 0.0923. The van der Waals surface area contributed by atoms with Crippen molar-refractivity contribution in [3.63, 3.8) is 0 Å². The van der Waals surface area contributed by atoms with Crippen LogP contribution in [0.1, 0.15) is 73.2 Å². The number of Topliss-reactive ketones (excluding diaryl/α,β-unsaturated/α-hetero) is 2. The first-order valence-corrected chi connectivity index (χ1v) is 7.85. The van der Waals surface area contributed by atoms with Crippen molar-refractivity contribution in [2.75, 3.05) is 0 Å². The van der Waals surface area contributed by atoms with E-state index in [1.807, 2.05) is 27.7 Å². The maximum atomic E-state index is 11.5. The predicted octanol–water partition coefficient (Wildman–Crippen LogP) is 3.90. The molecule has 6 heteroatoms. The van der Waals surface area contributed by atoms with Gasteiger partial charge in [-0.2, -0.15) is 0 Å². The number of ketones is 2. The lowest BCUT2D eigenvalue weighted by Crippen LogP contribution is -2.07. The molecular formula is C17H22N2O4. The Bertz CT molecular complexity index is 652. The van der Waals surface area contributed by atoms with Gasteiger partial charge in [0.1, 0.15) is 23.4 Å². The van der Waals surface area contributed by atoms with Crippen LogP contribution in [0.4, 0.5) is 0 Å². The van der Waals surface area contributed by atoms with Crippen molar-refractivity contribution in [1.82, 2.24) is 10.3 Å². The van der Waals surface area contributed by atoms with Gasteiger partial charge < -0.3 is 9.05 Å². The Hall–Kier alpha value is -2.24. The third kappa shape index (κ3) is 4.61. The van der Waals surface area contributed by atoms with E-state index in [1.54, 1.807) is 12.1 Å². The lowest BCUT2D eigenvalue weighted by Gasteiger charge is -1.96. The van der Waals surface area contributed by atoms with Gasteiger partial charge in [0.15, 0.2) is 11.6 Å². The van der Waals surface area contributed by atoms with Crippen LogP contribution in [-0.2, 0) is 0 Å². The lowest BCUT2D eigenvalue weighted by atomic mass is 10.1. The van der Waals surface area contributed by atoms with E-state index in [-0.39, 0.29) is 23.4 Å². The highest BCUT2D eigenvalue weighted by atomic mass is 16.5. The molecule has 0 amide bonds. The van der Waals surface area contributed by atoms with Crippen molar-refractivity contribution < 1.29 is 18.6 Å². The number of aromatic nitrogens is 2. The molecule has 23 heavy (non-hydrogen) atoms. The first-order chi connectivity index (χ1) is 10.9. The van der Waals surface area contributed by atoms with Gasteiger partial charge in [0, 0.05) is 29.9 Å². The fraction of sp³-hybridized carbons (Fsp3) is 0.529. The van der Waals surface area contributed by atoms with E-state index in [1.165, 1.54) is 19.1 Å². The van der Waals surface area contributed by atoms with Gasteiger partial charge in [-0.25, -0.2) is 0 Å². The Balaban J connectivity index is 0.000000174. The standard InChI is InChI=1S/C10H13NO2.C7H9NO2/c1-6(2)10(12)8-5-9(13-11-8)7-3-4-7;1-5(2)7(9)6-3-4-10-8-6/h5-7H,3-4H2,1-2H3;3-5H,1-2H3. The molecule has 2 heterocycles. The molecule has 0 N–H and O–H groups in total. The largest absolute Gasteiger partial charge is 0.364 e. The molecule has 0 aliphatic heterocycles. The highest BCUT2D eigenvalue weighted by Crippen LogP contribution is 2.40. The zero-order valence-corrected chi connectivity index (χ0v) is 13.9. The highest BCUT2D eigenvalue weighted by molar-refractivity contribution is 5.95. The van der Waals surface area contributed by atoms with Crippen LogP contribution in [0.25, 0.3) is 0 Å². The third-order valence-electron chi connectivity index (χ3n) is 3.50. The summed E-state index contributed by atoms with van der Waals surface area (Å²) in [6, 6.07) is 3.36. The molecule has 0 radical (unpaired) electrons. The van der Waals surface area contributed by atoms with Gasteiger partial charge in [-0.05, 0) is 12.8 Å². The minimum absolute atomic E-state index is 0.00264. The number of carbonyl (C=O) groups is 2. The molecule has 1 saturated carbocycles. The molecule has 0 unspecified atom stereocenters. The Morgan fingerprint density at radius 3 is 2.13 bits per heavy atom. The SMILES string of the molecule is CC(C)C(=O)c1cc(C2CC2)on1.CC(C)C(=O)c1ccon1. The van der Waals surface area contributed by atoms with Crippen molar-refractivity contribution in [3.8, 4) is 0 Å². The number of hydrogen-bond acceptors (Lipinski definition) is 6. The van der Waals surface area contributed by atoms with E-state index in [0.29, 0.717) is 17.3 Å². The molecule has 0 bridgehead atoms. The van der Waals surface area contributed by atoms with E-state index >= 15 is 0 Å². The second-order valence-electron chi connectivity index (χ2n) is 6.31. The topological polar surface area (TPSA) is 86.2 Å². The molecule has 0 spiro atoms. The van der Waals surface area contributed by atoms with Gasteiger partial charge >= 0.3 is 0 Å². The summed E-state index contributed by atoms with van der Waals surface area (Å²) in [7, 11) is 0. The second kappa shape index (κ2) is 7.35. The smallest absolute Gasteiger partial charge is 0.187 e. The summed E-state index contributed by atoms with van der Waals surface area (Å²) in [5, 5.41) is 7.29. The molecule has 0 saturated heterocycles. The van der Waals surface area contributed by atoms with Crippen LogP contribution in [0, 0.1) is 11.8 Å². The number of rotatable bonds is 5. The minimum atomic E-state index is -0.00917. The zero-order chi connectivity index (χ0) is 17.0. The van der Waals surface area contributed by atoms with E-state index in [4.69, 9.17) is 4.52 Å². The van der Waals surface area contributed by atoms with Crippen molar-refractivity contribution in [1.29, 1.82) is 0 Å². The normalized spacial score (nSPS) is 13.8. The van der Waals surface area contributed by atoms with E-state index in [2.05, 4.69) is 14.8 Å². The number of nitrogens with zero attached hydrogens (tertiary/aromatic N) is 2. The molecular weight excluding hydrogens is 296 g/mol. The highest BCUT2D eigenvalue weighted by Gasteiger charge is 2.29. The molecule has 124 valence electrons. The molecule has 1 fully saturated rings. The number of hydrogen-bond donors (Lipinski definition) is 0. The van der Waals surface area contributed by atoms with E-state index < -0.39 is 0 Å². The van der Waals surface area contributed by atoms with E-state index in [9.17, 15) is 9.59 Å². The van der Waals surface area contributed by atoms with Gasteiger partial charge in [0.2, 0.25) is 0 Å². The molecule has 2 aromatic rings. The minimum Gasteiger partial charge on any atom is -0.364 e. The Morgan fingerprint density at radius 1 is 1.04 bits per heavy atom. The Labute approximate surface area is 135 Å². The van der Waals surface area contributed by atoms with E-state index in [0.717, 1.165) is 5.76 Å². The second-order valence-corrected chi connectivity index (χ2v) is 6.31. The van der Waals surface area contributed by atoms with Crippen LogP contribution in [0.3, 0.4) is 0 Å². The van der Waals surface area contributed by atoms with Crippen LogP contribution in [0.15, 0.2) is 27.4 Å². The monoisotopic (exact) mass is 318 g/mol. The predicted molar refractivity (Wildman–Crippen MR) is 83.3 cm³/mol. The fourth-order valence-electron chi connectivity index (χ4n) is 1.90. The van der Waals surface area contributed by atoms with Gasteiger partial charge in [-0.1, -0.05) is 38.0 Å². The van der Waals surface area contributed by atoms with Gasteiger partial charge in [0.05, 0.1) is 0 Å². The average molecular weight is 318 g/mol. The summed E-state index contributed by atoms with van der Waals surface area (Å²) >= 11 is 0. The molecule has 6 nitrogen and oxygen atoms in total. The van der Waals surface area contributed by atoms with Gasteiger partial charge in [-0.3, -0.25) is 9.59 Å². The summed E-state index contributed by atoms with van der Waals surface area (Å²) < 4.78 is 9.60. The molecule has 1 aliphatic carbocycles. The summed E-state index contributed by atoms with van der Waals surface area (Å²) in [5.41, 5.74) is 0.895. The first kappa shape index (κ1) is 17.1. The van der Waals surface area contributed by atoms with Crippen LogP contribution < -0.4 is 0 Å². The van der Waals surface area contributed by atoms with Crippen LogP contribution >= 0.6 is 0 Å². The zero-order valence-electron chi connectivity index (χ0n) is 13.9. The molecule has 0 atom stereocenters. The first-order valence-electron chi connectivity index (χ1n) is 7.85. The van der Waals surface area contributed by atoms with Gasteiger partial charge in [0.25, 0.3) is 0 Å². The van der Waals surface area contributed by atoms with Crippen LogP contribution in [0.5, 0.6) is 0 Å². The van der Waals surface area contributed by atoms with Crippen LogP contribution in [0.2, 0.25) is 0 Å². The maximum absolute atomic E-state index is 11.5. The van der Waals surface area contributed by atoms with Crippen molar-refractivity contribution >= 4 is 11.6 Å². The molecule has 3 rings (SSSR count). The Kier molecular flexibility index (Phi) is 5.47. The summed E-state index contributed by atoms with van der Waals surface area (Å²) in [6.45, 7) is 7.40. The maximum Gasteiger partial charge on any atom is 0.187 e. The molecule has 1 aliphatic rings. The molecule has 0 aromatic carbocycles. The summed E-state index contributed by atoms with van der Waals surface area (Å²) in [6.07, 6.45) is 3.74. The van der Waals surface area contributed by atoms with Gasteiger partial charge in [-0.15, -0.1) is 0 Å². The number of carbonyl (C=O) groups excluding carboxylic acids is 2. The Morgan fingerprint density at radius 2 is 1.65 bits per heavy atom. The summed E-state index contributed by atoms with van der Waals surface area (Å²) in [5.74, 6) is 1.48. The third-order valence-corrected chi connectivity index (χ3v) is 3.50. The van der Waals surface area contributed by atoms with Crippen molar-refractivity contribution in [2.24, 2.45) is 11.8 Å². The van der Waals surface area contributed by atoms with Crippen molar-refractivity contribution in [2.45, 2.75) is 46.5 Å². The average Bonchev–Trinajstić information content (AvgIpc) is 3.05. The molecule has 2 aromatic heterocycles.